The van der Waals surface area contributed by atoms with Crippen LogP contribution in [0.15, 0.2) is 54.6 Å². The highest BCUT2D eigenvalue weighted by Gasteiger charge is 2.06. The standard InChI is InChI=1S/C16H16N4/c17-14-9-5-4-6-12(14)10-11-15-18-16(20-19-15)13-7-2-1-3-8-13/h1-9H,10-11,17H2,(H,18,19,20). The molecule has 0 saturated heterocycles. The average Bonchev–Trinajstić information content (AvgIpc) is 2.96. The molecule has 0 radical (unpaired) electrons. The van der Waals surface area contributed by atoms with Crippen molar-refractivity contribution >= 4 is 5.69 Å². The van der Waals surface area contributed by atoms with Gasteiger partial charge in [-0.1, -0.05) is 48.5 Å². The molecular weight excluding hydrogens is 248 g/mol. The van der Waals surface area contributed by atoms with Gasteiger partial charge in [0.25, 0.3) is 0 Å². The Labute approximate surface area is 117 Å². The van der Waals surface area contributed by atoms with Gasteiger partial charge in [-0.25, -0.2) is 4.98 Å². The van der Waals surface area contributed by atoms with E-state index in [0.717, 1.165) is 41.3 Å². The Morgan fingerprint density at radius 3 is 2.45 bits per heavy atom. The first-order valence-electron chi connectivity index (χ1n) is 6.63. The number of anilines is 1. The Morgan fingerprint density at radius 2 is 1.65 bits per heavy atom. The molecule has 3 N–H and O–H groups in total. The van der Waals surface area contributed by atoms with E-state index in [-0.39, 0.29) is 0 Å². The normalized spacial score (nSPS) is 10.6. The van der Waals surface area contributed by atoms with Crippen LogP contribution in [0.2, 0.25) is 0 Å². The van der Waals surface area contributed by atoms with Crippen molar-refractivity contribution in [2.45, 2.75) is 12.8 Å². The summed E-state index contributed by atoms with van der Waals surface area (Å²) in [7, 11) is 0. The van der Waals surface area contributed by atoms with E-state index < -0.39 is 0 Å². The summed E-state index contributed by atoms with van der Waals surface area (Å²) < 4.78 is 0. The summed E-state index contributed by atoms with van der Waals surface area (Å²) in [6, 6.07) is 17.9. The number of aromatic nitrogens is 3. The third-order valence-corrected chi connectivity index (χ3v) is 3.25. The van der Waals surface area contributed by atoms with Gasteiger partial charge in [0.05, 0.1) is 0 Å². The highest BCUT2D eigenvalue weighted by molar-refractivity contribution is 5.53. The molecule has 0 aliphatic heterocycles. The molecule has 0 aliphatic carbocycles. The highest BCUT2D eigenvalue weighted by Crippen LogP contribution is 2.16. The highest BCUT2D eigenvalue weighted by atomic mass is 15.2. The second-order valence-corrected chi connectivity index (χ2v) is 4.67. The Morgan fingerprint density at radius 1 is 0.900 bits per heavy atom. The number of nitrogens with two attached hydrogens (primary N) is 1. The minimum Gasteiger partial charge on any atom is -0.399 e. The van der Waals surface area contributed by atoms with Gasteiger partial charge in [0, 0.05) is 17.7 Å². The molecule has 3 rings (SSSR count). The topological polar surface area (TPSA) is 67.6 Å². The van der Waals surface area contributed by atoms with E-state index in [2.05, 4.69) is 15.2 Å². The lowest BCUT2D eigenvalue weighted by molar-refractivity contribution is 0.866. The predicted molar refractivity (Wildman–Crippen MR) is 80.1 cm³/mol. The first kappa shape index (κ1) is 12.4. The SMILES string of the molecule is Nc1ccccc1CCc1nc(-c2ccccc2)n[nH]1. The van der Waals surface area contributed by atoms with Crippen LogP contribution in [0.25, 0.3) is 11.4 Å². The van der Waals surface area contributed by atoms with Crippen LogP contribution in [-0.4, -0.2) is 15.2 Å². The van der Waals surface area contributed by atoms with Crippen LogP contribution in [0.3, 0.4) is 0 Å². The number of nitrogens with one attached hydrogen (secondary N) is 1. The molecule has 1 aromatic heterocycles. The molecule has 0 atom stereocenters. The zero-order chi connectivity index (χ0) is 13.8. The van der Waals surface area contributed by atoms with Crippen molar-refractivity contribution in [2.75, 3.05) is 5.73 Å². The quantitative estimate of drug-likeness (QED) is 0.712. The van der Waals surface area contributed by atoms with E-state index in [1.807, 2.05) is 54.6 Å². The lowest BCUT2D eigenvalue weighted by atomic mass is 10.1. The molecule has 0 saturated carbocycles. The van der Waals surface area contributed by atoms with Gasteiger partial charge in [0.2, 0.25) is 0 Å². The number of H-pyrrole nitrogens is 1. The maximum atomic E-state index is 5.93. The molecule has 0 unspecified atom stereocenters. The van der Waals surface area contributed by atoms with Gasteiger partial charge in [-0.05, 0) is 18.1 Å². The van der Waals surface area contributed by atoms with Crippen LogP contribution in [0.1, 0.15) is 11.4 Å². The molecule has 0 bridgehead atoms. The van der Waals surface area contributed by atoms with E-state index >= 15 is 0 Å². The summed E-state index contributed by atoms with van der Waals surface area (Å²) in [5, 5.41) is 7.25. The van der Waals surface area contributed by atoms with Crippen LogP contribution < -0.4 is 5.73 Å². The number of aryl methyl sites for hydroxylation is 2. The summed E-state index contributed by atoms with van der Waals surface area (Å²) >= 11 is 0. The number of para-hydroxylation sites is 1. The summed E-state index contributed by atoms with van der Waals surface area (Å²) in [5.74, 6) is 1.62. The van der Waals surface area contributed by atoms with Crippen LogP contribution in [-0.2, 0) is 12.8 Å². The molecule has 2 aromatic carbocycles. The van der Waals surface area contributed by atoms with Crippen molar-refractivity contribution in [1.82, 2.24) is 15.2 Å². The molecule has 0 fully saturated rings. The molecule has 0 amide bonds. The Kier molecular flexibility index (Phi) is 3.46. The number of aromatic amines is 1. The van der Waals surface area contributed by atoms with E-state index in [1.54, 1.807) is 0 Å². The molecule has 3 aromatic rings. The second kappa shape index (κ2) is 5.57. The number of nitrogen functional groups attached to an aromatic ring is 1. The molecule has 20 heavy (non-hydrogen) atoms. The van der Waals surface area contributed by atoms with Gasteiger partial charge in [-0.15, -0.1) is 0 Å². The summed E-state index contributed by atoms with van der Waals surface area (Å²) in [5.41, 5.74) is 8.93. The summed E-state index contributed by atoms with van der Waals surface area (Å²) in [6.07, 6.45) is 1.66. The fourth-order valence-corrected chi connectivity index (χ4v) is 2.14. The van der Waals surface area contributed by atoms with Crippen LogP contribution >= 0.6 is 0 Å². The second-order valence-electron chi connectivity index (χ2n) is 4.67. The molecule has 4 nitrogen and oxygen atoms in total. The minimum absolute atomic E-state index is 0.738. The van der Waals surface area contributed by atoms with Gasteiger partial charge >= 0.3 is 0 Å². The van der Waals surface area contributed by atoms with Crippen molar-refractivity contribution in [2.24, 2.45) is 0 Å². The number of hydrogen-bond acceptors (Lipinski definition) is 3. The Balaban J connectivity index is 1.71. The van der Waals surface area contributed by atoms with E-state index in [9.17, 15) is 0 Å². The maximum Gasteiger partial charge on any atom is 0.181 e. The van der Waals surface area contributed by atoms with Crippen molar-refractivity contribution < 1.29 is 0 Å². The monoisotopic (exact) mass is 264 g/mol. The van der Waals surface area contributed by atoms with Crippen molar-refractivity contribution in [3.63, 3.8) is 0 Å². The van der Waals surface area contributed by atoms with Crippen LogP contribution in [0.5, 0.6) is 0 Å². The number of benzene rings is 2. The molecule has 1 heterocycles. The zero-order valence-corrected chi connectivity index (χ0v) is 11.1. The Hall–Kier alpha value is -2.62. The minimum atomic E-state index is 0.738. The van der Waals surface area contributed by atoms with Gasteiger partial charge < -0.3 is 5.73 Å². The first-order chi connectivity index (χ1) is 9.83. The fourth-order valence-electron chi connectivity index (χ4n) is 2.14. The first-order valence-corrected chi connectivity index (χ1v) is 6.63. The number of rotatable bonds is 4. The Bertz CT molecular complexity index is 688. The van der Waals surface area contributed by atoms with E-state index in [1.165, 1.54) is 0 Å². The van der Waals surface area contributed by atoms with Crippen molar-refractivity contribution in [1.29, 1.82) is 0 Å². The maximum absolute atomic E-state index is 5.93. The van der Waals surface area contributed by atoms with E-state index in [0.29, 0.717) is 0 Å². The van der Waals surface area contributed by atoms with Gasteiger partial charge in [-0.2, -0.15) is 5.10 Å². The third-order valence-electron chi connectivity index (χ3n) is 3.25. The lowest BCUT2D eigenvalue weighted by Gasteiger charge is -2.02. The molecule has 100 valence electrons. The zero-order valence-electron chi connectivity index (χ0n) is 11.1. The van der Waals surface area contributed by atoms with Crippen molar-refractivity contribution in [3.8, 4) is 11.4 Å². The van der Waals surface area contributed by atoms with Gasteiger partial charge in [0.1, 0.15) is 5.82 Å². The van der Waals surface area contributed by atoms with Crippen LogP contribution in [0.4, 0.5) is 5.69 Å². The van der Waals surface area contributed by atoms with Gasteiger partial charge in [-0.3, -0.25) is 5.10 Å². The third kappa shape index (κ3) is 2.69. The number of nitrogens with zero attached hydrogens (tertiary/aromatic N) is 2. The largest absolute Gasteiger partial charge is 0.399 e. The van der Waals surface area contributed by atoms with E-state index in [4.69, 9.17) is 5.73 Å². The van der Waals surface area contributed by atoms with Crippen molar-refractivity contribution in [3.05, 3.63) is 66.0 Å². The van der Waals surface area contributed by atoms with Gasteiger partial charge in [0.15, 0.2) is 5.82 Å². The summed E-state index contributed by atoms with van der Waals surface area (Å²) in [6.45, 7) is 0. The smallest absolute Gasteiger partial charge is 0.181 e. The van der Waals surface area contributed by atoms with Crippen LogP contribution in [0, 0.1) is 0 Å². The predicted octanol–water partition coefficient (Wildman–Crippen LogP) is 2.84. The molecule has 0 aliphatic rings. The molecule has 0 spiro atoms. The number of hydrogen-bond donors (Lipinski definition) is 2. The lowest BCUT2D eigenvalue weighted by Crippen LogP contribution is -1.98. The molecular formula is C16H16N4. The fraction of sp³-hybridized carbons (Fsp3) is 0.125. The summed E-state index contributed by atoms with van der Waals surface area (Å²) in [4.78, 5) is 4.52. The average molecular weight is 264 g/mol. The molecule has 4 heteroatoms.